The predicted molar refractivity (Wildman–Crippen MR) is 93.2 cm³/mol. The van der Waals surface area contributed by atoms with Crippen molar-refractivity contribution in [1.29, 1.82) is 0 Å². The van der Waals surface area contributed by atoms with Crippen molar-refractivity contribution in [2.45, 2.75) is 70.4 Å². The van der Waals surface area contributed by atoms with Crippen LogP contribution in [0.25, 0.3) is 0 Å². The zero-order chi connectivity index (χ0) is 19.4. The Labute approximate surface area is 152 Å². The minimum Gasteiger partial charge on any atom is -0.511 e. The first-order valence-corrected chi connectivity index (χ1v) is 8.77. The molecule has 0 aromatic carbocycles. The standard InChI is InChI=1S/C19H26O7/c1-10-7-16(23)14(21)6-4-3-5-12(20)8-13-11(2)15(22)9-17(24)18(13)19(25)26-10/h3,5,10,14-16,21-24H,4,6-9H2,1-2H3/b5-3+. The van der Waals surface area contributed by atoms with E-state index in [2.05, 4.69) is 0 Å². The summed E-state index contributed by atoms with van der Waals surface area (Å²) in [5, 5.41) is 40.2. The first-order chi connectivity index (χ1) is 12.2. The van der Waals surface area contributed by atoms with E-state index in [4.69, 9.17) is 4.74 Å². The molecule has 7 nitrogen and oxygen atoms in total. The van der Waals surface area contributed by atoms with Crippen LogP contribution in [0.4, 0.5) is 0 Å². The predicted octanol–water partition coefficient (Wildman–Crippen LogP) is 1.23. The number of carbonyl (C=O) groups excluding carboxylic acids is 2. The van der Waals surface area contributed by atoms with Gasteiger partial charge in [0, 0.05) is 19.3 Å². The van der Waals surface area contributed by atoms with E-state index in [1.54, 1.807) is 19.9 Å². The lowest BCUT2D eigenvalue weighted by Gasteiger charge is -2.26. The Morgan fingerprint density at radius 3 is 2.54 bits per heavy atom. The summed E-state index contributed by atoms with van der Waals surface area (Å²) in [5.41, 5.74) is 0.617. The number of aliphatic hydroxyl groups excluding tert-OH is 4. The molecule has 0 aromatic rings. The molecule has 0 amide bonds. The van der Waals surface area contributed by atoms with Gasteiger partial charge in [0.25, 0.3) is 0 Å². The maximum atomic E-state index is 12.6. The topological polar surface area (TPSA) is 124 Å². The van der Waals surface area contributed by atoms with Gasteiger partial charge in [0.1, 0.15) is 17.4 Å². The number of ether oxygens (including phenoxy) is 1. The molecule has 4 atom stereocenters. The first-order valence-electron chi connectivity index (χ1n) is 8.77. The fourth-order valence-corrected chi connectivity index (χ4v) is 3.17. The number of hydrogen-bond acceptors (Lipinski definition) is 7. The van der Waals surface area contributed by atoms with Gasteiger partial charge in [-0.3, -0.25) is 4.79 Å². The highest BCUT2D eigenvalue weighted by Crippen LogP contribution is 2.33. The SMILES string of the molecule is CC1=C2CC(=O)/C=C/CCC(O)C(O)CC(C)OC(=O)C2=C(O)CC1O. The van der Waals surface area contributed by atoms with Crippen molar-refractivity contribution in [3.63, 3.8) is 0 Å². The third-order valence-corrected chi connectivity index (χ3v) is 4.77. The average molecular weight is 366 g/mol. The molecule has 0 saturated carbocycles. The highest BCUT2D eigenvalue weighted by atomic mass is 16.5. The van der Waals surface area contributed by atoms with E-state index < -0.39 is 30.4 Å². The summed E-state index contributed by atoms with van der Waals surface area (Å²) in [6.45, 7) is 3.19. The fourth-order valence-electron chi connectivity index (χ4n) is 3.17. The Hall–Kier alpha value is -1.96. The maximum absolute atomic E-state index is 12.6. The fraction of sp³-hybridized carbons (Fsp3) is 0.579. The molecule has 7 heteroatoms. The lowest BCUT2D eigenvalue weighted by molar-refractivity contribution is -0.145. The van der Waals surface area contributed by atoms with Crippen LogP contribution in [0.3, 0.4) is 0 Å². The molecule has 1 aliphatic heterocycles. The van der Waals surface area contributed by atoms with Crippen molar-refractivity contribution in [3.8, 4) is 0 Å². The number of esters is 1. The average Bonchev–Trinajstić information content (AvgIpc) is 2.54. The molecule has 26 heavy (non-hydrogen) atoms. The van der Waals surface area contributed by atoms with Crippen molar-refractivity contribution >= 4 is 11.8 Å². The molecule has 0 fully saturated rings. The number of aliphatic hydroxyl groups is 4. The van der Waals surface area contributed by atoms with Gasteiger partial charge in [-0.2, -0.15) is 0 Å². The molecule has 4 unspecified atom stereocenters. The van der Waals surface area contributed by atoms with Crippen molar-refractivity contribution in [2.24, 2.45) is 0 Å². The number of allylic oxidation sites excluding steroid dienone is 2. The number of rotatable bonds is 0. The van der Waals surface area contributed by atoms with Gasteiger partial charge in [0.05, 0.1) is 18.3 Å². The van der Waals surface area contributed by atoms with Gasteiger partial charge in [-0.05, 0) is 43.9 Å². The zero-order valence-electron chi connectivity index (χ0n) is 15.0. The summed E-state index contributed by atoms with van der Waals surface area (Å²) in [7, 11) is 0. The van der Waals surface area contributed by atoms with E-state index in [0.717, 1.165) is 0 Å². The molecule has 0 aromatic heterocycles. The summed E-state index contributed by atoms with van der Waals surface area (Å²) in [6.07, 6.45) is -0.325. The van der Waals surface area contributed by atoms with E-state index in [0.29, 0.717) is 12.0 Å². The third kappa shape index (κ3) is 4.81. The molecule has 1 aliphatic carbocycles. The summed E-state index contributed by atoms with van der Waals surface area (Å²) in [6, 6.07) is 0. The smallest absolute Gasteiger partial charge is 0.342 e. The molecule has 0 saturated heterocycles. The van der Waals surface area contributed by atoms with Crippen LogP contribution in [0, 0.1) is 0 Å². The second kappa shape index (κ2) is 8.62. The van der Waals surface area contributed by atoms with Gasteiger partial charge in [0.15, 0.2) is 5.78 Å². The minimum atomic E-state index is -1.07. The molecule has 144 valence electrons. The van der Waals surface area contributed by atoms with Gasteiger partial charge in [0.2, 0.25) is 0 Å². The molecule has 2 aliphatic rings. The Bertz CT molecular complexity index is 659. The highest BCUT2D eigenvalue weighted by molar-refractivity contribution is 5.99. The lowest BCUT2D eigenvalue weighted by Crippen LogP contribution is -2.32. The van der Waals surface area contributed by atoms with Crippen LogP contribution in [0.2, 0.25) is 0 Å². The minimum absolute atomic E-state index is 0.0459. The van der Waals surface area contributed by atoms with E-state index in [1.807, 2.05) is 0 Å². The van der Waals surface area contributed by atoms with Gasteiger partial charge in [-0.15, -0.1) is 0 Å². The Balaban J connectivity index is 2.39. The van der Waals surface area contributed by atoms with Crippen LogP contribution >= 0.6 is 0 Å². The van der Waals surface area contributed by atoms with Crippen molar-refractivity contribution < 1.29 is 34.8 Å². The number of carbonyl (C=O) groups is 2. The van der Waals surface area contributed by atoms with E-state index >= 15 is 0 Å². The molecular formula is C19H26O7. The Morgan fingerprint density at radius 1 is 1.15 bits per heavy atom. The molecule has 4 N–H and O–H groups in total. The normalized spacial score (nSPS) is 33.4. The van der Waals surface area contributed by atoms with Gasteiger partial charge in [-0.25, -0.2) is 4.79 Å². The van der Waals surface area contributed by atoms with Gasteiger partial charge >= 0.3 is 5.97 Å². The van der Waals surface area contributed by atoms with E-state index in [9.17, 15) is 30.0 Å². The van der Waals surface area contributed by atoms with Gasteiger partial charge < -0.3 is 25.2 Å². The molecule has 2 rings (SSSR count). The van der Waals surface area contributed by atoms with E-state index in [-0.39, 0.29) is 48.4 Å². The van der Waals surface area contributed by atoms with Crippen molar-refractivity contribution in [2.75, 3.05) is 0 Å². The summed E-state index contributed by atoms with van der Waals surface area (Å²) < 4.78 is 5.30. The monoisotopic (exact) mass is 366 g/mol. The van der Waals surface area contributed by atoms with E-state index in [1.165, 1.54) is 6.08 Å². The lowest BCUT2D eigenvalue weighted by atomic mass is 9.85. The number of cyclic esters (lactones) is 1. The van der Waals surface area contributed by atoms with Crippen LogP contribution in [0.5, 0.6) is 0 Å². The number of hydrogen-bond donors (Lipinski definition) is 4. The highest BCUT2D eigenvalue weighted by Gasteiger charge is 2.33. The third-order valence-electron chi connectivity index (χ3n) is 4.77. The first kappa shape index (κ1) is 20.4. The van der Waals surface area contributed by atoms with Gasteiger partial charge in [-0.1, -0.05) is 6.08 Å². The van der Waals surface area contributed by atoms with Crippen LogP contribution < -0.4 is 0 Å². The number of ketones is 1. The molecule has 0 radical (unpaired) electrons. The Kier molecular flexibility index (Phi) is 6.75. The summed E-state index contributed by atoms with van der Waals surface area (Å²) >= 11 is 0. The van der Waals surface area contributed by atoms with Crippen LogP contribution in [0.15, 0.2) is 34.6 Å². The quantitative estimate of drug-likeness (QED) is 0.475. The molecular weight excluding hydrogens is 340 g/mol. The molecule has 0 spiro atoms. The molecule has 1 heterocycles. The second-order valence-corrected chi connectivity index (χ2v) is 6.91. The largest absolute Gasteiger partial charge is 0.511 e. The van der Waals surface area contributed by atoms with Crippen LogP contribution in [-0.2, 0) is 14.3 Å². The maximum Gasteiger partial charge on any atom is 0.342 e. The molecule has 0 bridgehead atoms. The second-order valence-electron chi connectivity index (χ2n) is 6.91. The van der Waals surface area contributed by atoms with Crippen molar-refractivity contribution in [3.05, 3.63) is 34.6 Å². The Morgan fingerprint density at radius 2 is 1.85 bits per heavy atom. The van der Waals surface area contributed by atoms with Crippen molar-refractivity contribution in [1.82, 2.24) is 0 Å². The summed E-state index contributed by atoms with van der Waals surface area (Å²) in [5.74, 6) is -1.43. The summed E-state index contributed by atoms with van der Waals surface area (Å²) in [4.78, 5) is 24.8. The van der Waals surface area contributed by atoms with Crippen LogP contribution in [-0.4, -0.2) is 56.6 Å². The zero-order valence-corrected chi connectivity index (χ0v) is 15.0. The van der Waals surface area contributed by atoms with Crippen LogP contribution in [0.1, 0.15) is 46.0 Å². The number of fused-ring (bicyclic) bond motifs is 1.